The molecule has 0 aromatic rings. The van der Waals surface area contributed by atoms with Crippen LogP contribution in [0.1, 0.15) is 26.7 Å². The molecule has 0 spiro atoms. The summed E-state index contributed by atoms with van der Waals surface area (Å²) in [5.41, 5.74) is 1.11. The van der Waals surface area contributed by atoms with Gasteiger partial charge in [-0.25, -0.2) is 0 Å². The molecule has 0 saturated heterocycles. The number of nitrogens with one attached hydrogen (secondary N) is 1. The first-order chi connectivity index (χ1) is 6.85. The van der Waals surface area contributed by atoms with E-state index in [2.05, 4.69) is 36.7 Å². The highest BCUT2D eigenvalue weighted by atomic mass is 14.8. The van der Waals surface area contributed by atoms with Gasteiger partial charge < -0.3 is 5.32 Å². The van der Waals surface area contributed by atoms with Crippen LogP contribution in [-0.2, 0) is 0 Å². The average molecular weight is 189 g/mol. The van der Waals surface area contributed by atoms with Crippen LogP contribution in [0.15, 0.2) is 36.6 Å². The minimum atomic E-state index is 0.852. The Balaban J connectivity index is 4.01. The summed E-state index contributed by atoms with van der Waals surface area (Å²) in [5.74, 6) is 6.24. The van der Waals surface area contributed by atoms with Crippen LogP contribution in [-0.4, -0.2) is 6.54 Å². The molecule has 0 atom stereocenters. The first-order valence-electron chi connectivity index (χ1n) is 5.01. The molecule has 76 valence electrons. The summed E-state index contributed by atoms with van der Waals surface area (Å²) >= 11 is 0. The predicted octanol–water partition coefficient (Wildman–Crippen LogP) is 3.03. The molecule has 0 rings (SSSR count). The largest absolute Gasteiger partial charge is 0.390 e. The van der Waals surface area contributed by atoms with Crippen LogP contribution >= 0.6 is 0 Å². The van der Waals surface area contributed by atoms with Gasteiger partial charge in [0.1, 0.15) is 0 Å². The molecule has 0 bridgehead atoms. The maximum atomic E-state index is 3.57. The van der Waals surface area contributed by atoms with Crippen molar-refractivity contribution in [1.82, 2.24) is 5.32 Å². The molecular formula is C13H19N. The van der Waals surface area contributed by atoms with E-state index in [1.54, 1.807) is 6.20 Å². The van der Waals surface area contributed by atoms with Gasteiger partial charge in [0.2, 0.25) is 0 Å². The highest BCUT2D eigenvalue weighted by Gasteiger charge is 1.82. The lowest BCUT2D eigenvalue weighted by molar-refractivity contribution is 0.867. The van der Waals surface area contributed by atoms with Crippen molar-refractivity contribution >= 4 is 0 Å². The van der Waals surface area contributed by atoms with Crippen LogP contribution in [0.2, 0.25) is 0 Å². The molecule has 0 radical (unpaired) electrons. The van der Waals surface area contributed by atoms with Gasteiger partial charge >= 0.3 is 0 Å². The highest BCUT2D eigenvalue weighted by molar-refractivity contribution is 5.37. The Labute approximate surface area is 87.6 Å². The number of hydrogen-bond donors (Lipinski definition) is 1. The van der Waals surface area contributed by atoms with E-state index in [4.69, 9.17) is 0 Å². The van der Waals surface area contributed by atoms with Gasteiger partial charge in [0.15, 0.2) is 0 Å². The van der Waals surface area contributed by atoms with E-state index in [9.17, 15) is 0 Å². The zero-order chi connectivity index (χ0) is 10.6. The van der Waals surface area contributed by atoms with Gasteiger partial charge in [-0.05, 0) is 19.5 Å². The molecular weight excluding hydrogens is 170 g/mol. The van der Waals surface area contributed by atoms with Crippen molar-refractivity contribution in [2.75, 3.05) is 6.54 Å². The number of hydrogen-bond acceptors (Lipinski definition) is 1. The van der Waals surface area contributed by atoms with Gasteiger partial charge in [-0.3, -0.25) is 0 Å². The van der Waals surface area contributed by atoms with Gasteiger partial charge in [-0.15, -0.1) is 0 Å². The van der Waals surface area contributed by atoms with E-state index in [1.807, 2.05) is 19.1 Å². The van der Waals surface area contributed by atoms with E-state index >= 15 is 0 Å². The lowest BCUT2D eigenvalue weighted by Crippen LogP contribution is -2.04. The topological polar surface area (TPSA) is 12.0 Å². The van der Waals surface area contributed by atoms with E-state index in [-0.39, 0.29) is 0 Å². The second kappa shape index (κ2) is 9.67. The van der Waals surface area contributed by atoms with E-state index in [1.165, 1.54) is 0 Å². The zero-order valence-corrected chi connectivity index (χ0v) is 9.14. The van der Waals surface area contributed by atoms with Gasteiger partial charge in [-0.2, -0.15) is 0 Å². The van der Waals surface area contributed by atoms with Crippen molar-refractivity contribution in [3.63, 3.8) is 0 Å². The Morgan fingerprint density at radius 3 is 2.86 bits per heavy atom. The lowest BCUT2D eigenvalue weighted by Gasteiger charge is -1.92. The minimum absolute atomic E-state index is 0.852. The molecule has 0 aliphatic carbocycles. The van der Waals surface area contributed by atoms with Crippen LogP contribution in [0, 0.1) is 11.8 Å². The third kappa shape index (κ3) is 7.24. The van der Waals surface area contributed by atoms with Crippen LogP contribution in [0.25, 0.3) is 0 Å². The second-order valence-electron chi connectivity index (χ2n) is 2.78. The lowest BCUT2D eigenvalue weighted by atomic mass is 10.2. The minimum Gasteiger partial charge on any atom is -0.390 e. The molecule has 14 heavy (non-hydrogen) atoms. The van der Waals surface area contributed by atoms with E-state index < -0.39 is 0 Å². The standard InChI is InChI=1S/C13H19N/c1-4-9-13(10-5-2)11-7-8-12-14-6-3/h4,6,9-10,14H,3,5,8,12H2,1-2H3/b9-4-,13-10+. The summed E-state index contributed by atoms with van der Waals surface area (Å²) in [7, 11) is 0. The summed E-state index contributed by atoms with van der Waals surface area (Å²) in [6.45, 7) is 8.56. The molecule has 1 nitrogen and oxygen atoms in total. The molecule has 0 aliphatic rings. The fourth-order valence-corrected chi connectivity index (χ4v) is 0.962. The van der Waals surface area contributed by atoms with Crippen molar-refractivity contribution in [2.45, 2.75) is 26.7 Å². The Morgan fingerprint density at radius 2 is 2.29 bits per heavy atom. The normalized spacial score (nSPS) is 10.9. The smallest absolute Gasteiger partial charge is 0.0266 e. The summed E-state index contributed by atoms with van der Waals surface area (Å²) in [6.07, 6.45) is 9.75. The Bertz CT molecular complexity index is 261. The molecule has 1 N–H and O–H groups in total. The Kier molecular flexibility index (Phi) is 8.69. The van der Waals surface area contributed by atoms with Crippen molar-refractivity contribution < 1.29 is 0 Å². The van der Waals surface area contributed by atoms with Crippen LogP contribution < -0.4 is 5.32 Å². The van der Waals surface area contributed by atoms with Gasteiger partial charge in [0, 0.05) is 18.5 Å². The molecule has 0 aliphatic heterocycles. The van der Waals surface area contributed by atoms with Gasteiger partial charge in [-0.1, -0.05) is 43.6 Å². The maximum Gasteiger partial charge on any atom is 0.0266 e. The second-order valence-corrected chi connectivity index (χ2v) is 2.78. The fourth-order valence-electron chi connectivity index (χ4n) is 0.962. The summed E-state index contributed by atoms with van der Waals surface area (Å²) in [4.78, 5) is 0. The Hall–Kier alpha value is -1.42. The quantitative estimate of drug-likeness (QED) is 0.398. The van der Waals surface area contributed by atoms with Crippen LogP contribution in [0.4, 0.5) is 0 Å². The third-order valence-electron chi connectivity index (χ3n) is 1.54. The zero-order valence-electron chi connectivity index (χ0n) is 9.14. The van der Waals surface area contributed by atoms with Gasteiger partial charge in [0.25, 0.3) is 0 Å². The molecule has 0 aromatic carbocycles. The molecule has 0 amide bonds. The van der Waals surface area contributed by atoms with Crippen molar-refractivity contribution in [3.8, 4) is 11.8 Å². The molecule has 0 heterocycles. The number of allylic oxidation sites excluding steroid dienone is 4. The Morgan fingerprint density at radius 1 is 1.50 bits per heavy atom. The molecule has 0 fully saturated rings. The number of rotatable bonds is 5. The molecule has 0 aromatic heterocycles. The van der Waals surface area contributed by atoms with E-state index in [0.717, 1.165) is 25.0 Å². The monoisotopic (exact) mass is 189 g/mol. The third-order valence-corrected chi connectivity index (χ3v) is 1.54. The van der Waals surface area contributed by atoms with Crippen molar-refractivity contribution in [1.29, 1.82) is 0 Å². The van der Waals surface area contributed by atoms with Crippen LogP contribution in [0.5, 0.6) is 0 Å². The molecule has 0 unspecified atom stereocenters. The summed E-state index contributed by atoms with van der Waals surface area (Å²) in [6, 6.07) is 0. The van der Waals surface area contributed by atoms with Gasteiger partial charge in [0.05, 0.1) is 0 Å². The van der Waals surface area contributed by atoms with Crippen molar-refractivity contribution in [2.24, 2.45) is 0 Å². The highest BCUT2D eigenvalue weighted by Crippen LogP contribution is 1.97. The predicted molar refractivity (Wildman–Crippen MR) is 63.8 cm³/mol. The first kappa shape index (κ1) is 12.6. The SMILES string of the molecule is C=CNCCC#CC(/C=C\C)=C/CC. The first-order valence-corrected chi connectivity index (χ1v) is 5.01. The average Bonchev–Trinajstić information content (AvgIpc) is 2.18. The fraction of sp³-hybridized carbons (Fsp3) is 0.385. The molecule has 0 saturated carbocycles. The summed E-state index contributed by atoms with van der Waals surface area (Å²) < 4.78 is 0. The van der Waals surface area contributed by atoms with Crippen LogP contribution in [0.3, 0.4) is 0 Å². The van der Waals surface area contributed by atoms with Crippen molar-refractivity contribution in [3.05, 3.63) is 36.6 Å². The maximum absolute atomic E-state index is 3.57. The molecule has 1 heteroatoms. The van der Waals surface area contributed by atoms with E-state index in [0.29, 0.717) is 0 Å². The summed E-state index contributed by atoms with van der Waals surface area (Å²) in [5, 5.41) is 3.01.